The Labute approximate surface area is 132 Å². The SMILES string of the molecule is Cc1noc(C)c1S(=O)(=O)NCCc1nc2ccccc2s1. The number of nitrogens with zero attached hydrogens (tertiary/aromatic N) is 2. The molecule has 2 heterocycles. The van der Waals surface area contributed by atoms with Gasteiger partial charge in [0.2, 0.25) is 10.0 Å². The minimum atomic E-state index is -3.61. The van der Waals surface area contributed by atoms with Crippen LogP contribution in [-0.4, -0.2) is 25.1 Å². The standard InChI is InChI=1S/C14H15N3O3S2/c1-9-14(10(2)20-17-9)22(18,19)15-8-7-13-16-11-5-3-4-6-12(11)21-13/h3-6,15H,7-8H2,1-2H3. The van der Waals surface area contributed by atoms with E-state index in [1.165, 1.54) is 0 Å². The summed E-state index contributed by atoms with van der Waals surface area (Å²) in [6.07, 6.45) is 0.544. The summed E-state index contributed by atoms with van der Waals surface area (Å²) in [7, 11) is -3.61. The highest BCUT2D eigenvalue weighted by atomic mass is 32.2. The highest BCUT2D eigenvalue weighted by Crippen LogP contribution is 2.22. The van der Waals surface area contributed by atoms with Crippen LogP contribution in [0.1, 0.15) is 16.5 Å². The number of hydrogen-bond donors (Lipinski definition) is 1. The van der Waals surface area contributed by atoms with Crippen LogP contribution in [-0.2, 0) is 16.4 Å². The Balaban J connectivity index is 1.70. The van der Waals surface area contributed by atoms with Crippen molar-refractivity contribution in [3.05, 3.63) is 40.7 Å². The molecule has 0 bridgehead atoms. The smallest absolute Gasteiger partial charge is 0.245 e. The first-order valence-corrected chi connectivity index (χ1v) is 9.04. The second-order valence-corrected chi connectivity index (χ2v) is 7.70. The Morgan fingerprint density at radius 2 is 2.05 bits per heavy atom. The number of sulfonamides is 1. The molecular formula is C14H15N3O3S2. The van der Waals surface area contributed by atoms with E-state index in [-0.39, 0.29) is 11.4 Å². The van der Waals surface area contributed by atoms with Gasteiger partial charge in [0, 0.05) is 13.0 Å². The second-order valence-electron chi connectivity index (χ2n) is 4.88. The first-order valence-electron chi connectivity index (χ1n) is 6.74. The van der Waals surface area contributed by atoms with E-state index in [1.807, 2.05) is 24.3 Å². The summed E-state index contributed by atoms with van der Waals surface area (Å²) >= 11 is 1.57. The summed E-state index contributed by atoms with van der Waals surface area (Å²) in [6.45, 7) is 3.48. The van der Waals surface area contributed by atoms with Crippen molar-refractivity contribution in [2.24, 2.45) is 0 Å². The zero-order valence-corrected chi connectivity index (χ0v) is 13.8. The lowest BCUT2D eigenvalue weighted by Crippen LogP contribution is -2.26. The van der Waals surface area contributed by atoms with Crippen LogP contribution in [0.15, 0.2) is 33.7 Å². The average Bonchev–Trinajstić information content (AvgIpc) is 3.01. The van der Waals surface area contributed by atoms with Crippen LogP contribution in [0.4, 0.5) is 0 Å². The van der Waals surface area contributed by atoms with E-state index in [2.05, 4.69) is 14.9 Å². The molecule has 3 aromatic rings. The molecule has 0 radical (unpaired) electrons. The van der Waals surface area contributed by atoms with Crippen LogP contribution in [0.25, 0.3) is 10.2 Å². The third kappa shape index (κ3) is 2.90. The molecule has 6 nitrogen and oxygen atoms in total. The summed E-state index contributed by atoms with van der Waals surface area (Å²) in [5.41, 5.74) is 1.31. The average molecular weight is 337 g/mol. The fourth-order valence-corrected chi connectivity index (χ4v) is 4.57. The summed E-state index contributed by atoms with van der Waals surface area (Å²) < 4.78 is 33.1. The molecule has 0 amide bonds. The minimum absolute atomic E-state index is 0.122. The molecule has 1 aromatic carbocycles. The minimum Gasteiger partial charge on any atom is -0.360 e. The van der Waals surface area contributed by atoms with Gasteiger partial charge >= 0.3 is 0 Å². The first-order chi connectivity index (χ1) is 10.5. The number of para-hydroxylation sites is 1. The van der Waals surface area contributed by atoms with E-state index in [0.29, 0.717) is 17.9 Å². The summed E-state index contributed by atoms with van der Waals surface area (Å²) in [4.78, 5) is 4.61. The molecule has 0 aliphatic heterocycles. The number of fused-ring (bicyclic) bond motifs is 1. The lowest BCUT2D eigenvalue weighted by molar-refractivity contribution is 0.390. The van der Waals surface area contributed by atoms with E-state index in [9.17, 15) is 8.42 Å². The third-order valence-electron chi connectivity index (χ3n) is 3.21. The number of aromatic nitrogens is 2. The topological polar surface area (TPSA) is 85.1 Å². The van der Waals surface area contributed by atoms with Gasteiger partial charge in [0.25, 0.3) is 0 Å². The molecule has 0 unspecified atom stereocenters. The van der Waals surface area contributed by atoms with Gasteiger partial charge in [0.1, 0.15) is 10.6 Å². The van der Waals surface area contributed by atoms with E-state index in [4.69, 9.17) is 4.52 Å². The predicted molar refractivity (Wildman–Crippen MR) is 84.5 cm³/mol. The van der Waals surface area contributed by atoms with Gasteiger partial charge in [-0.1, -0.05) is 17.3 Å². The third-order valence-corrected chi connectivity index (χ3v) is 6.01. The Kier molecular flexibility index (Phi) is 3.98. The van der Waals surface area contributed by atoms with Gasteiger partial charge in [-0.2, -0.15) is 0 Å². The largest absolute Gasteiger partial charge is 0.360 e. The maximum atomic E-state index is 12.3. The Morgan fingerprint density at radius 3 is 2.73 bits per heavy atom. The molecule has 0 aliphatic rings. The number of rotatable bonds is 5. The van der Waals surface area contributed by atoms with Crippen LogP contribution in [0, 0.1) is 13.8 Å². The fourth-order valence-electron chi connectivity index (χ4n) is 2.25. The number of thiazole rings is 1. The van der Waals surface area contributed by atoms with Gasteiger partial charge in [-0.3, -0.25) is 0 Å². The second kappa shape index (κ2) is 5.79. The van der Waals surface area contributed by atoms with Gasteiger partial charge in [0.15, 0.2) is 5.76 Å². The normalized spacial score (nSPS) is 12.1. The van der Waals surface area contributed by atoms with Gasteiger partial charge in [-0.15, -0.1) is 11.3 Å². The monoisotopic (exact) mass is 337 g/mol. The lowest BCUT2D eigenvalue weighted by Gasteiger charge is -2.04. The molecule has 0 fully saturated rings. The van der Waals surface area contributed by atoms with E-state index < -0.39 is 10.0 Å². The molecule has 0 saturated heterocycles. The molecule has 0 saturated carbocycles. The highest BCUT2D eigenvalue weighted by molar-refractivity contribution is 7.89. The molecule has 1 N–H and O–H groups in total. The number of nitrogens with one attached hydrogen (secondary N) is 1. The molecule has 0 atom stereocenters. The van der Waals surface area contributed by atoms with E-state index in [0.717, 1.165) is 15.2 Å². The van der Waals surface area contributed by atoms with Crippen molar-refractivity contribution in [2.75, 3.05) is 6.54 Å². The van der Waals surface area contributed by atoms with Crippen molar-refractivity contribution in [1.82, 2.24) is 14.9 Å². The maximum absolute atomic E-state index is 12.3. The number of hydrogen-bond acceptors (Lipinski definition) is 6. The Bertz CT molecular complexity index is 860. The van der Waals surface area contributed by atoms with Crippen molar-refractivity contribution >= 4 is 31.6 Å². The van der Waals surface area contributed by atoms with Crippen LogP contribution < -0.4 is 4.72 Å². The van der Waals surface area contributed by atoms with Gasteiger partial charge in [-0.25, -0.2) is 18.1 Å². The zero-order valence-electron chi connectivity index (χ0n) is 12.2. The number of benzene rings is 1. The fraction of sp³-hybridized carbons (Fsp3) is 0.286. The molecule has 0 aliphatic carbocycles. The van der Waals surface area contributed by atoms with Crippen molar-refractivity contribution < 1.29 is 12.9 Å². The van der Waals surface area contributed by atoms with Crippen molar-refractivity contribution in [2.45, 2.75) is 25.2 Å². The Morgan fingerprint density at radius 1 is 1.27 bits per heavy atom. The van der Waals surface area contributed by atoms with Crippen LogP contribution in [0.2, 0.25) is 0 Å². The highest BCUT2D eigenvalue weighted by Gasteiger charge is 2.23. The molecule has 8 heteroatoms. The van der Waals surface area contributed by atoms with E-state index >= 15 is 0 Å². The molecule has 116 valence electrons. The Hall–Kier alpha value is -1.77. The van der Waals surface area contributed by atoms with Gasteiger partial charge in [-0.05, 0) is 26.0 Å². The van der Waals surface area contributed by atoms with Crippen molar-refractivity contribution in [3.8, 4) is 0 Å². The number of aryl methyl sites for hydroxylation is 2. The van der Waals surface area contributed by atoms with Crippen molar-refractivity contribution in [1.29, 1.82) is 0 Å². The first kappa shape index (κ1) is 15.1. The van der Waals surface area contributed by atoms with Crippen LogP contribution in [0.5, 0.6) is 0 Å². The predicted octanol–water partition coefficient (Wildman–Crippen LogP) is 2.42. The van der Waals surface area contributed by atoms with Crippen LogP contribution >= 0.6 is 11.3 Å². The summed E-state index contributed by atoms with van der Waals surface area (Å²) in [6, 6.07) is 7.85. The van der Waals surface area contributed by atoms with Crippen molar-refractivity contribution in [3.63, 3.8) is 0 Å². The quantitative estimate of drug-likeness (QED) is 0.773. The zero-order chi connectivity index (χ0) is 15.7. The molecular weight excluding hydrogens is 322 g/mol. The molecule has 2 aromatic heterocycles. The van der Waals surface area contributed by atoms with Gasteiger partial charge in [0.05, 0.1) is 15.2 Å². The molecule has 22 heavy (non-hydrogen) atoms. The summed E-state index contributed by atoms with van der Waals surface area (Å²) in [5, 5.41) is 4.58. The maximum Gasteiger partial charge on any atom is 0.245 e. The molecule has 0 spiro atoms. The van der Waals surface area contributed by atoms with Crippen LogP contribution in [0.3, 0.4) is 0 Å². The summed E-state index contributed by atoms with van der Waals surface area (Å²) in [5.74, 6) is 0.296. The molecule has 3 rings (SSSR count). The lowest BCUT2D eigenvalue weighted by atomic mass is 10.3. The van der Waals surface area contributed by atoms with E-state index in [1.54, 1.807) is 25.2 Å². The van der Waals surface area contributed by atoms with Gasteiger partial charge < -0.3 is 4.52 Å².